The number of anilines is 4. The molecule has 0 bridgehead atoms. The van der Waals surface area contributed by atoms with Gasteiger partial charge in [-0.2, -0.15) is 0 Å². The van der Waals surface area contributed by atoms with Crippen LogP contribution in [-0.4, -0.2) is 13.7 Å². The Morgan fingerprint density at radius 3 is 0.906 bits per heavy atom. The molecule has 0 radical (unpaired) electrons. The first-order chi connectivity index (χ1) is 31.8. The van der Waals surface area contributed by atoms with Crippen LogP contribution in [0, 0.1) is 0 Å². The molecule has 0 unspecified atom stereocenters. The van der Waals surface area contributed by atoms with Crippen molar-refractivity contribution in [2.45, 2.75) is 0 Å². The fraction of sp³-hybridized carbons (Fsp3) is 0. The summed E-state index contributed by atoms with van der Waals surface area (Å²) in [6.07, 6.45) is 0. The topological polar surface area (TPSA) is 6.48 Å². The van der Waals surface area contributed by atoms with Gasteiger partial charge in [0.2, 0.25) is 0 Å². The summed E-state index contributed by atoms with van der Waals surface area (Å²) < 4.78 is 0. The van der Waals surface area contributed by atoms with E-state index in [1.807, 2.05) is 0 Å². The standard InChI is InChI=1S/C60H38B2N2/c1-5-15-39(16-6-1)43-27-31-51-47(35-43)49-37-45(41-19-9-3-10-20-41)29-33-55(49)63-57-25-14-24-54-60(57)59-53(61(51)63)23-13-26-58(59)64-56-34-30-46(42-21-11-4-12-22-42)38-50(56)48-36-44(28-32-52(48)62(54)64)40-17-7-2-8-18-40/h1-38H. The van der Waals surface area contributed by atoms with Crippen LogP contribution in [0.1, 0.15) is 0 Å². The van der Waals surface area contributed by atoms with Crippen molar-refractivity contribution in [2.75, 3.05) is 9.62 Å². The number of nitrogens with zero attached hydrogens (tertiary/aromatic N) is 2. The monoisotopic (exact) mass is 808 g/mol. The van der Waals surface area contributed by atoms with Crippen LogP contribution in [0.2, 0.25) is 0 Å². The molecule has 4 heteroatoms. The van der Waals surface area contributed by atoms with Gasteiger partial charge in [-0.1, -0.05) is 182 Å². The Morgan fingerprint density at radius 2 is 0.547 bits per heavy atom. The highest BCUT2D eigenvalue weighted by molar-refractivity contribution is 6.96. The van der Waals surface area contributed by atoms with Gasteiger partial charge in [-0.15, -0.1) is 0 Å². The van der Waals surface area contributed by atoms with E-state index >= 15 is 0 Å². The molecule has 0 N–H and O–H groups in total. The fourth-order valence-corrected chi connectivity index (χ4v) is 11.4. The predicted octanol–water partition coefficient (Wildman–Crippen LogP) is 12.5. The van der Waals surface area contributed by atoms with Crippen molar-refractivity contribution in [3.8, 4) is 77.9 Å². The third-order valence-corrected chi connectivity index (χ3v) is 14.2. The highest BCUT2D eigenvalue weighted by atomic mass is 15.1. The van der Waals surface area contributed by atoms with Gasteiger partial charge in [0.15, 0.2) is 0 Å². The third-order valence-electron chi connectivity index (χ3n) is 14.2. The Labute approximate surface area is 374 Å². The molecular weight excluding hydrogens is 770 g/mol. The maximum Gasteiger partial charge on any atom is 0.329 e. The van der Waals surface area contributed by atoms with Gasteiger partial charge in [0.1, 0.15) is 0 Å². The number of hydrogen-bond acceptors (Lipinski definition) is 2. The first-order valence-electron chi connectivity index (χ1n) is 22.4. The lowest BCUT2D eigenvalue weighted by atomic mass is 9.38. The number of hydrogen-bond donors (Lipinski definition) is 0. The van der Waals surface area contributed by atoms with Gasteiger partial charge in [-0.3, -0.25) is 0 Å². The van der Waals surface area contributed by atoms with Gasteiger partial charge in [-0.25, -0.2) is 0 Å². The summed E-state index contributed by atoms with van der Waals surface area (Å²) in [5.74, 6) is 0. The summed E-state index contributed by atoms with van der Waals surface area (Å²) in [5, 5.41) is 0. The third kappa shape index (κ3) is 5.11. The average Bonchev–Trinajstić information content (AvgIpc) is 3.38. The maximum atomic E-state index is 2.66. The molecule has 0 aliphatic carbocycles. The molecule has 64 heavy (non-hydrogen) atoms. The van der Waals surface area contributed by atoms with E-state index in [0.29, 0.717) is 0 Å². The summed E-state index contributed by atoms with van der Waals surface area (Å²) in [7, 11) is 0. The maximum absolute atomic E-state index is 2.66. The molecule has 0 atom stereocenters. The molecule has 294 valence electrons. The fourth-order valence-electron chi connectivity index (χ4n) is 11.4. The van der Waals surface area contributed by atoms with Crippen molar-refractivity contribution in [1.82, 2.24) is 0 Å². The largest absolute Gasteiger partial charge is 0.376 e. The van der Waals surface area contributed by atoms with Crippen LogP contribution in [0.5, 0.6) is 0 Å². The van der Waals surface area contributed by atoms with E-state index in [0.717, 1.165) is 0 Å². The van der Waals surface area contributed by atoms with Crippen LogP contribution < -0.4 is 31.5 Å². The Balaban J connectivity index is 1.03. The van der Waals surface area contributed by atoms with Crippen molar-refractivity contribution in [3.05, 3.63) is 231 Å². The van der Waals surface area contributed by atoms with Crippen molar-refractivity contribution in [1.29, 1.82) is 0 Å². The minimum atomic E-state index is -0.0189. The second-order valence-corrected chi connectivity index (χ2v) is 17.6. The van der Waals surface area contributed by atoms with Gasteiger partial charge in [0.25, 0.3) is 0 Å². The van der Waals surface area contributed by atoms with Crippen molar-refractivity contribution >= 4 is 58.3 Å². The molecule has 0 spiro atoms. The highest BCUT2D eigenvalue weighted by Crippen LogP contribution is 2.53. The van der Waals surface area contributed by atoms with E-state index in [2.05, 4.69) is 240 Å². The molecule has 0 saturated carbocycles. The molecule has 0 aromatic heterocycles. The molecule has 14 rings (SSSR count). The SMILES string of the molecule is c1ccc(-c2ccc3c(c2)-c2cc(-c4ccccc4)ccc2N2B3c3cccc4c3-c3c(cccc32)B2c3ccc(-c5ccccc5)cc3-c3cc(-c5ccccc5)ccc3N24)cc1. The minimum absolute atomic E-state index is 0.0189. The summed E-state index contributed by atoms with van der Waals surface area (Å²) in [6.45, 7) is -0.0378. The van der Waals surface area contributed by atoms with Gasteiger partial charge in [0.05, 0.1) is 0 Å². The van der Waals surface area contributed by atoms with E-state index in [1.54, 1.807) is 0 Å². The smallest absolute Gasteiger partial charge is 0.329 e. The Hall–Kier alpha value is -8.07. The van der Waals surface area contributed by atoms with Crippen LogP contribution in [0.4, 0.5) is 22.7 Å². The van der Waals surface area contributed by atoms with E-state index in [4.69, 9.17) is 0 Å². The normalized spacial score (nSPS) is 13.2. The van der Waals surface area contributed by atoms with Gasteiger partial charge in [-0.05, 0) is 126 Å². The number of fused-ring (bicyclic) bond motifs is 16. The van der Waals surface area contributed by atoms with Crippen LogP contribution in [0.3, 0.4) is 0 Å². The average molecular weight is 809 g/mol. The Morgan fingerprint density at radius 1 is 0.219 bits per heavy atom. The zero-order chi connectivity index (χ0) is 41.9. The van der Waals surface area contributed by atoms with Crippen LogP contribution in [0.15, 0.2) is 231 Å². The first kappa shape index (κ1) is 35.5. The molecule has 10 aromatic rings. The lowest BCUT2D eigenvalue weighted by Gasteiger charge is -2.50. The molecule has 0 amide bonds. The Kier molecular flexibility index (Phi) is 7.61. The van der Waals surface area contributed by atoms with Crippen molar-refractivity contribution < 1.29 is 0 Å². The lowest BCUT2D eigenvalue weighted by Crippen LogP contribution is -2.65. The molecule has 0 saturated heterocycles. The van der Waals surface area contributed by atoms with Crippen LogP contribution >= 0.6 is 0 Å². The second kappa shape index (κ2) is 13.7. The highest BCUT2D eigenvalue weighted by Gasteiger charge is 2.50. The van der Waals surface area contributed by atoms with Gasteiger partial charge >= 0.3 is 13.7 Å². The molecule has 4 aliphatic rings. The van der Waals surface area contributed by atoms with Crippen LogP contribution in [0.25, 0.3) is 77.9 Å². The summed E-state index contributed by atoms with van der Waals surface area (Å²) in [5.41, 5.74) is 28.0. The minimum Gasteiger partial charge on any atom is -0.376 e. The predicted molar refractivity (Wildman–Crippen MR) is 272 cm³/mol. The van der Waals surface area contributed by atoms with Crippen LogP contribution in [-0.2, 0) is 0 Å². The zero-order valence-corrected chi connectivity index (χ0v) is 35.0. The van der Waals surface area contributed by atoms with E-state index in [1.165, 1.54) is 122 Å². The van der Waals surface area contributed by atoms with E-state index < -0.39 is 0 Å². The second-order valence-electron chi connectivity index (χ2n) is 17.6. The first-order valence-corrected chi connectivity index (χ1v) is 22.4. The molecule has 10 aromatic carbocycles. The summed E-state index contributed by atoms with van der Waals surface area (Å²) in [6, 6.07) is 86.1. The van der Waals surface area contributed by atoms with E-state index in [9.17, 15) is 0 Å². The molecule has 2 nitrogen and oxygen atoms in total. The van der Waals surface area contributed by atoms with Gasteiger partial charge in [0, 0.05) is 45.0 Å². The molecule has 4 aliphatic heterocycles. The number of rotatable bonds is 4. The van der Waals surface area contributed by atoms with Crippen molar-refractivity contribution in [3.63, 3.8) is 0 Å². The molecule has 4 heterocycles. The van der Waals surface area contributed by atoms with E-state index in [-0.39, 0.29) is 13.7 Å². The van der Waals surface area contributed by atoms with Gasteiger partial charge < -0.3 is 9.62 Å². The summed E-state index contributed by atoms with van der Waals surface area (Å²) >= 11 is 0. The molecular formula is C60H38B2N2. The zero-order valence-electron chi connectivity index (χ0n) is 35.0. The van der Waals surface area contributed by atoms with Crippen molar-refractivity contribution in [2.24, 2.45) is 0 Å². The quantitative estimate of drug-likeness (QED) is 0.163. The lowest BCUT2D eigenvalue weighted by molar-refractivity contribution is 1.31. The number of benzene rings is 10. The Bertz CT molecular complexity index is 3050. The molecule has 0 fully saturated rings. The summed E-state index contributed by atoms with van der Waals surface area (Å²) in [4.78, 5) is 5.33.